The SMILES string of the molecule is COc1ccc(P)cc1.Cc1ccc(O)c(Cc2cccc(Cc3cc(C)cc(Cc4cc(C)ccc4O)c3O)c2O)c1. The molecular weight excluding hydrogens is 555 g/mol. The number of phenols is 4. The van der Waals surface area contributed by atoms with Crippen LogP contribution in [0.15, 0.2) is 91.0 Å². The van der Waals surface area contributed by atoms with E-state index in [9.17, 15) is 20.4 Å². The van der Waals surface area contributed by atoms with Crippen LogP contribution in [0.25, 0.3) is 0 Å². The van der Waals surface area contributed by atoms with Crippen LogP contribution in [0.4, 0.5) is 0 Å². The van der Waals surface area contributed by atoms with Gasteiger partial charge in [-0.05, 0) is 83.7 Å². The van der Waals surface area contributed by atoms with Gasteiger partial charge in [0.15, 0.2) is 0 Å². The molecule has 0 saturated heterocycles. The van der Waals surface area contributed by atoms with E-state index in [1.807, 2.05) is 99.6 Å². The number of rotatable bonds is 7. The largest absolute Gasteiger partial charge is 0.508 e. The second-order valence-corrected chi connectivity index (χ2v) is 11.6. The molecule has 0 saturated carbocycles. The Hall–Kier alpha value is -4.47. The maximum Gasteiger partial charge on any atom is 0.122 e. The van der Waals surface area contributed by atoms with Crippen LogP contribution in [-0.2, 0) is 19.3 Å². The molecule has 0 aliphatic heterocycles. The highest BCUT2D eigenvalue weighted by atomic mass is 31.0. The van der Waals surface area contributed by atoms with Crippen LogP contribution in [0.3, 0.4) is 0 Å². The summed E-state index contributed by atoms with van der Waals surface area (Å²) >= 11 is 0. The highest BCUT2D eigenvalue weighted by Gasteiger charge is 2.16. The van der Waals surface area contributed by atoms with Crippen LogP contribution in [0.1, 0.15) is 50.1 Å². The fraction of sp³-hybridized carbons (Fsp3) is 0.189. The number of hydrogen-bond acceptors (Lipinski definition) is 5. The fourth-order valence-corrected chi connectivity index (χ4v) is 5.26. The van der Waals surface area contributed by atoms with Gasteiger partial charge >= 0.3 is 0 Å². The maximum absolute atomic E-state index is 11.1. The van der Waals surface area contributed by atoms with Gasteiger partial charge in [-0.3, -0.25) is 0 Å². The molecule has 0 amide bonds. The van der Waals surface area contributed by atoms with Crippen LogP contribution in [0, 0.1) is 20.8 Å². The summed E-state index contributed by atoms with van der Waals surface area (Å²) in [5, 5.41) is 43.7. The van der Waals surface area contributed by atoms with E-state index in [2.05, 4.69) is 9.24 Å². The zero-order chi connectivity index (χ0) is 31.1. The molecule has 0 aromatic heterocycles. The summed E-state index contributed by atoms with van der Waals surface area (Å²) in [6, 6.07) is 28.2. The van der Waals surface area contributed by atoms with E-state index < -0.39 is 0 Å². The molecule has 222 valence electrons. The lowest BCUT2D eigenvalue weighted by molar-refractivity contribution is 0.415. The Kier molecular flexibility index (Phi) is 10.3. The van der Waals surface area contributed by atoms with Gasteiger partial charge in [-0.15, -0.1) is 9.24 Å². The number of benzene rings is 5. The molecule has 5 aromatic carbocycles. The molecule has 0 spiro atoms. The summed E-state index contributed by atoms with van der Waals surface area (Å²) in [5.41, 5.74) is 7.47. The summed E-state index contributed by atoms with van der Waals surface area (Å²) in [6.45, 7) is 5.91. The van der Waals surface area contributed by atoms with Gasteiger partial charge < -0.3 is 25.2 Å². The van der Waals surface area contributed by atoms with Gasteiger partial charge in [0.1, 0.15) is 28.7 Å². The number of aromatic hydroxyl groups is 4. The molecule has 1 unspecified atom stereocenters. The molecule has 0 heterocycles. The lowest BCUT2D eigenvalue weighted by atomic mass is 9.93. The Bertz CT molecular complexity index is 1710. The van der Waals surface area contributed by atoms with Crippen LogP contribution in [0.2, 0.25) is 0 Å². The minimum Gasteiger partial charge on any atom is -0.508 e. The minimum absolute atomic E-state index is 0.169. The first-order chi connectivity index (χ1) is 20.5. The van der Waals surface area contributed by atoms with E-state index in [0.717, 1.165) is 44.7 Å². The Balaban J connectivity index is 0.000000403. The molecule has 6 heteroatoms. The standard InChI is InChI=1S/C30H30O4.C7H9OP/c1-18-7-9-27(31)23(11-18)15-21-5-4-6-22(29(21)33)16-25-13-20(3)14-26(30(25)34)17-24-12-19(2)8-10-28(24)32;1-8-6-2-4-7(9)5-3-6/h4-14,31-34H,15-17H2,1-3H3;2-5H,9H2,1H3. The minimum atomic E-state index is 0.169. The van der Waals surface area contributed by atoms with E-state index in [1.54, 1.807) is 19.2 Å². The molecule has 0 radical (unpaired) electrons. The van der Waals surface area contributed by atoms with Crippen molar-refractivity contribution in [3.05, 3.63) is 141 Å². The average molecular weight is 595 g/mol. The van der Waals surface area contributed by atoms with Crippen LogP contribution in [-0.4, -0.2) is 27.5 Å². The molecule has 0 aliphatic carbocycles. The summed E-state index contributed by atoms with van der Waals surface area (Å²) in [7, 11) is 4.28. The van der Waals surface area contributed by atoms with Gasteiger partial charge in [-0.25, -0.2) is 0 Å². The van der Waals surface area contributed by atoms with Crippen molar-refractivity contribution in [1.29, 1.82) is 0 Å². The third-order valence-corrected chi connectivity index (χ3v) is 7.73. The summed E-state index contributed by atoms with van der Waals surface area (Å²) in [5.74, 6) is 1.66. The predicted octanol–water partition coefficient (Wildman–Crippen LogP) is 7.40. The molecule has 4 N–H and O–H groups in total. The molecule has 43 heavy (non-hydrogen) atoms. The number of para-hydroxylation sites is 1. The smallest absolute Gasteiger partial charge is 0.122 e. The van der Waals surface area contributed by atoms with E-state index in [-0.39, 0.29) is 23.0 Å². The van der Waals surface area contributed by atoms with E-state index >= 15 is 0 Å². The van der Waals surface area contributed by atoms with Gasteiger partial charge in [0.2, 0.25) is 0 Å². The summed E-state index contributed by atoms with van der Waals surface area (Å²) in [6.07, 6.45) is 1.18. The van der Waals surface area contributed by atoms with Gasteiger partial charge in [-0.1, -0.05) is 83.4 Å². The lowest BCUT2D eigenvalue weighted by Gasteiger charge is -2.15. The molecular formula is C37H39O5P. The first-order valence-electron chi connectivity index (χ1n) is 14.1. The summed E-state index contributed by atoms with van der Waals surface area (Å²) < 4.78 is 4.96. The average Bonchev–Trinajstić information content (AvgIpc) is 2.98. The first kappa shape index (κ1) is 31.5. The lowest BCUT2D eigenvalue weighted by Crippen LogP contribution is -1.99. The molecule has 5 nitrogen and oxygen atoms in total. The van der Waals surface area contributed by atoms with Crippen molar-refractivity contribution in [2.75, 3.05) is 7.11 Å². The zero-order valence-corrected chi connectivity index (χ0v) is 26.2. The first-order valence-corrected chi connectivity index (χ1v) is 14.7. The number of phenolic OH excluding ortho intramolecular Hbond substituents is 4. The van der Waals surface area contributed by atoms with Crippen LogP contribution >= 0.6 is 9.24 Å². The van der Waals surface area contributed by atoms with E-state index in [1.165, 1.54) is 5.30 Å². The number of hydrogen-bond donors (Lipinski definition) is 4. The fourth-order valence-electron chi connectivity index (χ4n) is 5.06. The molecule has 0 bridgehead atoms. The normalized spacial score (nSPS) is 10.6. The van der Waals surface area contributed by atoms with Crippen molar-refractivity contribution in [2.45, 2.75) is 40.0 Å². The van der Waals surface area contributed by atoms with Gasteiger partial charge in [-0.2, -0.15) is 0 Å². The monoisotopic (exact) mass is 594 g/mol. The predicted molar refractivity (Wildman–Crippen MR) is 177 cm³/mol. The third kappa shape index (κ3) is 8.30. The Labute approximate surface area is 256 Å². The molecule has 1 atom stereocenters. The van der Waals surface area contributed by atoms with Crippen LogP contribution in [0.5, 0.6) is 28.7 Å². The van der Waals surface area contributed by atoms with Gasteiger partial charge in [0.25, 0.3) is 0 Å². The third-order valence-electron chi connectivity index (χ3n) is 7.34. The zero-order valence-electron chi connectivity index (χ0n) is 25.1. The number of methoxy groups -OCH3 is 1. The second-order valence-electron chi connectivity index (χ2n) is 10.9. The van der Waals surface area contributed by atoms with Crippen molar-refractivity contribution in [3.63, 3.8) is 0 Å². The van der Waals surface area contributed by atoms with Gasteiger partial charge in [0.05, 0.1) is 7.11 Å². The Morgan fingerprint density at radius 3 is 1.42 bits per heavy atom. The number of ether oxygens (including phenoxy) is 1. The maximum atomic E-state index is 11.1. The molecule has 5 aromatic rings. The van der Waals surface area contributed by atoms with Crippen LogP contribution < -0.4 is 10.0 Å². The Morgan fingerprint density at radius 1 is 0.512 bits per heavy atom. The Morgan fingerprint density at radius 2 is 0.930 bits per heavy atom. The van der Waals surface area contributed by atoms with Crippen molar-refractivity contribution in [1.82, 2.24) is 0 Å². The second kappa shape index (κ2) is 14.1. The molecule has 0 aliphatic rings. The van der Waals surface area contributed by atoms with Crippen molar-refractivity contribution < 1.29 is 25.2 Å². The number of aryl methyl sites for hydroxylation is 3. The summed E-state index contributed by atoms with van der Waals surface area (Å²) in [4.78, 5) is 0. The topological polar surface area (TPSA) is 90.2 Å². The van der Waals surface area contributed by atoms with E-state index in [4.69, 9.17) is 4.74 Å². The van der Waals surface area contributed by atoms with Crippen molar-refractivity contribution in [2.24, 2.45) is 0 Å². The van der Waals surface area contributed by atoms with Gasteiger partial charge in [0, 0.05) is 19.3 Å². The molecule has 0 fully saturated rings. The highest BCUT2D eigenvalue weighted by molar-refractivity contribution is 7.27. The highest BCUT2D eigenvalue weighted by Crippen LogP contribution is 2.34. The van der Waals surface area contributed by atoms with Crippen molar-refractivity contribution in [3.8, 4) is 28.7 Å². The quantitative estimate of drug-likeness (QED) is 0.148. The van der Waals surface area contributed by atoms with Crippen molar-refractivity contribution >= 4 is 14.5 Å². The molecule has 5 rings (SSSR count). The van der Waals surface area contributed by atoms with E-state index in [0.29, 0.717) is 30.4 Å².